The van der Waals surface area contributed by atoms with Gasteiger partial charge in [0.25, 0.3) is 0 Å². The molecule has 0 aliphatic rings. The van der Waals surface area contributed by atoms with Gasteiger partial charge in [-0.25, -0.2) is 0 Å². The average Bonchev–Trinajstić information content (AvgIpc) is 3.00. The van der Waals surface area contributed by atoms with Crippen molar-refractivity contribution in [3.63, 3.8) is 0 Å². The van der Waals surface area contributed by atoms with Gasteiger partial charge in [-0.2, -0.15) is 5.26 Å². The molecule has 5 heteroatoms. The summed E-state index contributed by atoms with van der Waals surface area (Å²) in [5.74, 6) is -1.20. The molecule has 1 heterocycles. The molecule has 0 spiro atoms. The van der Waals surface area contributed by atoms with Gasteiger partial charge in [-0.15, -0.1) is 11.3 Å². The van der Waals surface area contributed by atoms with Crippen molar-refractivity contribution < 1.29 is 14.3 Å². The lowest BCUT2D eigenvalue weighted by Crippen LogP contribution is -2.22. The van der Waals surface area contributed by atoms with Gasteiger partial charge in [-0.3, -0.25) is 9.59 Å². The van der Waals surface area contributed by atoms with E-state index in [9.17, 15) is 14.9 Å². The molecule has 0 aliphatic heterocycles. The summed E-state index contributed by atoms with van der Waals surface area (Å²) in [5.41, 5.74) is 0.968. The number of hydrogen-bond acceptors (Lipinski definition) is 5. The zero-order valence-corrected chi connectivity index (χ0v) is 13.9. The van der Waals surface area contributed by atoms with E-state index in [4.69, 9.17) is 4.74 Å². The third-order valence-corrected chi connectivity index (χ3v) is 4.53. The summed E-state index contributed by atoms with van der Waals surface area (Å²) in [6.45, 7) is 1.88. The molecule has 4 nitrogen and oxygen atoms in total. The van der Waals surface area contributed by atoms with Crippen LogP contribution < -0.4 is 4.74 Å². The molecule has 118 valence electrons. The van der Waals surface area contributed by atoms with Crippen LogP contribution in [0.25, 0.3) is 0 Å². The molecule has 0 saturated carbocycles. The summed E-state index contributed by atoms with van der Waals surface area (Å²) in [6, 6.07) is 12.7. The van der Waals surface area contributed by atoms with Gasteiger partial charge in [-0.1, -0.05) is 12.1 Å². The number of benzene rings is 1. The number of Topliss-reactive ketones (excluding diaryl/α,β-unsaturated/α-hetero) is 2. The Balaban J connectivity index is 1.99. The van der Waals surface area contributed by atoms with Gasteiger partial charge < -0.3 is 4.74 Å². The lowest BCUT2D eigenvalue weighted by molar-refractivity contribution is -0.120. The first kappa shape index (κ1) is 16.9. The standard InChI is InChI=1S/C18H17NO3S/c1-12-3-10-17(23-12)18(21)15(11-19)16(20)9-6-13-4-7-14(22-2)8-5-13/h3-5,7-8,10,15H,6,9H2,1-2H3. The highest BCUT2D eigenvalue weighted by Crippen LogP contribution is 2.21. The minimum absolute atomic E-state index is 0.167. The minimum Gasteiger partial charge on any atom is -0.497 e. The molecule has 0 aliphatic carbocycles. The van der Waals surface area contributed by atoms with Crippen molar-refractivity contribution in [2.45, 2.75) is 19.8 Å². The van der Waals surface area contributed by atoms with Crippen LogP contribution in [0.2, 0.25) is 0 Å². The first-order valence-corrected chi connectivity index (χ1v) is 8.02. The van der Waals surface area contributed by atoms with E-state index in [1.165, 1.54) is 11.3 Å². The summed E-state index contributed by atoms with van der Waals surface area (Å²) < 4.78 is 5.08. The first-order chi connectivity index (χ1) is 11.0. The molecular weight excluding hydrogens is 310 g/mol. The summed E-state index contributed by atoms with van der Waals surface area (Å²) in [6.07, 6.45) is 0.665. The molecule has 0 amide bonds. The largest absolute Gasteiger partial charge is 0.497 e. The molecular formula is C18H17NO3S. The van der Waals surface area contributed by atoms with Gasteiger partial charge in [0.2, 0.25) is 0 Å². The van der Waals surface area contributed by atoms with Crippen LogP contribution in [0.15, 0.2) is 36.4 Å². The Morgan fingerprint density at radius 3 is 2.43 bits per heavy atom. The van der Waals surface area contributed by atoms with E-state index < -0.39 is 11.7 Å². The summed E-state index contributed by atoms with van der Waals surface area (Å²) in [7, 11) is 1.59. The normalized spacial score (nSPS) is 11.5. The average molecular weight is 327 g/mol. The number of ether oxygens (including phenoxy) is 1. The van der Waals surface area contributed by atoms with Crippen LogP contribution in [0, 0.1) is 24.2 Å². The fourth-order valence-electron chi connectivity index (χ4n) is 2.19. The zero-order chi connectivity index (χ0) is 16.8. The lowest BCUT2D eigenvalue weighted by atomic mass is 9.94. The second-order valence-corrected chi connectivity index (χ2v) is 6.44. The molecule has 1 atom stereocenters. The highest BCUT2D eigenvalue weighted by molar-refractivity contribution is 7.14. The van der Waals surface area contributed by atoms with Crippen LogP contribution >= 0.6 is 11.3 Å². The van der Waals surface area contributed by atoms with Crippen molar-refractivity contribution in [3.05, 3.63) is 51.7 Å². The molecule has 1 unspecified atom stereocenters. The number of carbonyl (C=O) groups is 2. The molecule has 23 heavy (non-hydrogen) atoms. The second-order valence-electron chi connectivity index (χ2n) is 5.15. The number of nitrogens with zero attached hydrogens (tertiary/aromatic N) is 1. The van der Waals surface area contributed by atoms with Crippen molar-refractivity contribution >= 4 is 22.9 Å². The predicted molar refractivity (Wildman–Crippen MR) is 88.8 cm³/mol. The lowest BCUT2D eigenvalue weighted by Gasteiger charge is -2.07. The highest BCUT2D eigenvalue weighted by atomic mass is 32.1. The van der Waals surface area contributed by atoms with E-state index in [1.54, 1.807) is 13.2 Å². The van der Waals surface area contributed by atoms with Crippen molar-refractivity contribution in [1.82, 2.24) is 0 Å². The van der Waals surface area contributed by atoms with Gasteiger partial charge in [0, 0.05) is 11.3 Å². The molecule has 0 N–H and O–H groups in total. The van der Waals surface area contributed by atoms with Crippen LogP contribution in [0.3, 0.4) is 0 Å². The fraction of sp³-hybridized carbons (Fsp3) is 0.278. The maximum atomic E-state index is 12.3. The Bertz CT molecular complexity index is 740. The maximum Gasteiger partial charge on any atom is 0.197 e. The topological polar surface area (TPSA) is 67.2 Å². The van der Waals surface area contributed by atoms with Gasteiger partial charge in [-0.05, 0) is 43.2 Å². The van der Waals surface area contributed by atoms with Gasteiger partial charge in [0.05, 0.1) is 18.1 Å². The number of carbonyl (C=O) groups excluding carboxylic acids is 2. The molecule has 1 aromatic carbocycles. The van der Waals surface area contributed by atoms with Crippen LogP contribution in [-0.4, -0.2) is 18.7 Å². The minimum atomic E-state index is -1.22. The van der Waals surface area contributed by atoms with Gasteiger partial charge in [0.1, 0.15) is 5.75 Å². The van der Waals surface area contributed by atoms with Crippen LogP contribution in [-0.2, 0) is 11.2 Å². The molecule has 2 aromatic rings. The Kier molecular flexibility index (Phi) is 5.67. The van der Waals surface area contributed by atoms with Crippen molar-refractivity contribution in [2.75, 3.05) is 7.11 Å². The molecule has 0 fully saturated rings. The van der Waals surface area contributed by atoms with Crippen LogP contribution in [0.1, 0.15) is 26.5 Å². The number of rotatable bonds is 7. The second kappa shape index (κ2) is 7.70. The number of methoxy groups -OCH3 is 1. The third kappa shape index (κ3) is 4.27. The first-order valence-electron chi connectivity index (χ1n) is 7.21. The molecule has 2 rings (SSSR count). The number of hydrogen-bond donors (Lipinski definition) is 0. The maximum absolute atomic E-state index is 12.3. The van der Waals surface area contributed by atoms with Gasteiger partial charge >= 0.3 is 0 Å². The van der Waals surface area contributed by atoms with Crippen LogP contribution in [0.5, 0.6) is 5.75 Å². The van der Waals surface area contributed by atoms with E-state index in [0.29, 0.717) is 11.3 Å². The smallest absolute Gasteiger partial charge is 0.197 e. The van der Waals surface area contributed by atoms with Gasteiger partial charge in [0.15, 0.2) is 17.5 Å². The molecule has 1 aromatic heterocycles. The van der Waals surface area contributed by atoms with E-state index in [0.717, 1.165) is 16.2 Å². The van der Waals surface area contributed by atoms with E-state index in [1.807, 2.05) is 43.3 Å². The number of aryl methyl sites for hydroxylation is 2. The molecule has 0 bridgehead atoms. The van der Waals surface area contributed by atoms with Crippen molar-refractivity contribution in [1.29, 1.82) is 5.26 Å². The Labute approximate surface area is 139 Å². The fourth-order valence-corrected chi connectivity index (χ4v) is 3.03. The highest BCUT2D eigenvalue weighted by Gasteiger charge is 2.27. The quantitative estimate of drug-likeness (QED) is 0.576. The Hall–Kier alpha value is -2.45. The Morgan fingerprint density at radius 1 is 1.22 bits per heavy atom. The third-order valence-electron chi connectivity index (χ3n) is 3.52. The monoisotopic (exact) mass is 327 g/mol. The number of nitriles is 1. The Morgan fingerprint density at radius 2 is 1.91 bits per heavy atom. The predicted octanol–water partition coefficient (Wildman–Crippen LogP) is 3.59. The van der Waals surface area contributed by atoms with E-state index in [2.05, 4.69) is 0 Å². The molecule has 0 saturated heterocycles. The number of ketones is 2. The van der Waals surface area contributed by atoms with Crippen molar-refractivity contribution in [2.24, 2.45) is 5.92 Å². The summed E-state index contributed by atoms with van der Waals surface area (Å²) in [4.78, 5) is 26.0. The summed E-state index contributed by atoms with van der Waals surface area (Å²) in [5, 5.41) is 9.20. The zero-order valence-electron chi connectivity index (χ0n) is 13.0. The van der Waals surface area contributed by atoms with Crippen LogP contribution in [0.4, 0.5) is 0 Å². The van der Waals surface area contributed by atoms with E-state index >= 15 is 0 Å². The number of thiophene rings is 1. The SMILES string of the molecule is COc1ccc(CCC(=O)C(C#N)C(=O)c2ccc(C)s2)cc1. The molecule has 0 radical (unpaired) electrons. The summed E-state index contributed by atoms with van der Waals surface area (Å²) >= 11 is 1.31. The van der Waals surface area contributed by atoms with E-state index in [-0.39, 0.29) is 12.2 Å². The van der Waals surface area contributed by atoms with Crippen molar-refractivity contribution in [3.8, 4) is 11.8 Å².